The molecule has 3 rings (SSSR count). The molecule has 0 fully saturated rings. The molecule has 1 heterocycles. The van der Waals surface area contributed by atoms with Crippen molar-refractivity contribution in [3.8, 4) is 0 Å². The Bertz CT molecular complexity index is 637. The lowest BCUT2D eigenvalue weighted by Gasteiger charge is -2.17. The number of rotatable bonds is 3. The first-order valence-electron chi connectivity index (χ1n) is 7.73. The van der Waals surface area contributed by atoms with Gasteiger partial charge in [-0.2, -0.15) is 0 Å². The van der Waals surface area contributed by atoms with Crippen molar-refractivity contribution in [3.63, 3.8) is 0 Å². The second kappa shape index (κ2) is 5.54. The SMILES string of the molecule is CNCc1sc(C2CCc3ccccc32)nc1C(C)(C)C. The lowest BCUT2D eigenvalue weighted by atomic mass is 9.91. The van der Waals surface area contributed by atoms with E-state index < -0.39 is 0 Å². The minimum absolute atomic E-state index is 0.110. The molecule has 1 atom stereocenters. The summed E-state index contributed by atoms with van der Waals surface area (Å²) in [5.41, 5.74) is 4.37. The van der Waals surface area contributed by atoms with Crippen molar-refractivity contribution in [2.75, 3.05) is 7.05 Å². The maximum Gasteiger partial charge on any atom is 0.101 e. The molecule has 1 aromatic carbocycles. The molecule has 1 aliphatic rings. The van der Waals surface area contributed by atoms with E-state index >= 15 is 0 Å². The fraction of sp³-hybridized carbons (Fsp3) is 0.500. The molecule has 21 heavy (non-hydrogen) atoms. The van der Waals surface area contributed by atoms with Crippen LogP contribution in [0.25, 0.3) is 0 Å². The third-order valence-electron chi connectivity index (χ3n) is 4.19. The number of nitrogens with one attached hydrogen (secondary N) is 1. The van der Waals surface area contributed by atoms with Gasteiger partial charge in [-0.05, 0) is 31.0 Å². The molecule has 112 valence electrons. The Morgan fingerprint density at radius 2 is 2.05 bits per heavy atom. The highest BCUT2D eigenvalue weighted by molar-refractivity contribution is 7.11. The first-order chi connectivity index (χ1) is 10.0. The zero-order valence-corrected chi connectivity index (χ0v) is 14.2. The molecule has 3 heteroatoms. The number of nitrogens with zero attached hydrogens (tertiary/aromatic N) is 1. The van der Waals surface area contributed by atoms with Crippen molar-refractivity contribution in [2.24, 2.45) is 0 Å². The second-order valence-corrected chi connectivity index (χ2v) is 8.01. The van der Waals surface area contributed by atoms with Crippen LogP contribution in [0.3, 0.4) is 0 Å². The number of hydrogen-bond acceptors (Lipinski definition) is 3. The predicted molar refractivity (Wildman–Crippen MR) is 90.2 cm³/mol. The molecule has 1 aromatic heterocycles. The Labute approximate surface area is 131 Å². The van der Waals surface area contributed by atoms with E-state index in [0.29, 0.717) is 5.92 Å². The normalized spacial score (nSPS) is 18.0. The summed E-state index contributed by atoms with van der Waals surface area (Å²) < 4.78 is 0. The van der Waals surface area contributed by atoms with Gasteiger partial charge in [0.15, 0.2) is 0 Å². The van der Waals surface area contributed by atoms with Gasteiger partial charge >= 0.3 is 0 Å². The van der Waals surface area contributed by atoms with Crippen molar-refractivity contribution in [3.05, 3.63) is 51.0 Å². The average molecular weight is 300 g/mol. The molecular formula is C18H24N2S. The van der Waals surface area contributed by atoms with Crippen molar-refractivity contribution >= 4 is 11.3 Å². The number of hydrogen-bond donors (Lipinski definition) is 1. The summed E-state index contributed by atoms with van der Waals surface area (Å²) >= 11 is 1.90. The molecule has 1 unspecified atom stereocenters. The van der Waals surface area contributed by atoms with Crippen LogP contribution in [-0.2, 0) is 18.4 Å². The summed E-state index contributed by atoms with van der Waals surface area (Å²) in [5.74, 6) is 0.498. The monoisotopic (exact) mass is 300 g/mol. The molecule has 0 aliphatic heterocycles. The lowest BCUT2D eigenvalue weighted by Crippen LogP contribution is -2.16. The highest BCUT2D eigenvalue weighted by atomic mass is 32.1. The zero-order chi connectivity index (χ0) is 15.0. The predicted octanol–water partition coefficient (Wildman–Crippen LogP) is 4.24. The van der Waals surface area contributed by atoms with Crippen LogP contribution in [0.15, 0.2) is 24.3 Å². The summed E-state index contributed by atoms with van der Waals surface area (Å²) in [6.07, 6.45) is 2.39. The zero-order valence-electron chi connectivity index (χ0n) is 13.4. The molecule has 0 bridgehead atoms. The minimum atomic E-state index is 0.110. The Kier molecular flexibility index (Phi) is 3.89. The standard InChI is InChI=1S/C18H24N2S/c1-18(2,3)16-15(11-19-4)21-17(20-16)14-10-9-12-7-5-6-8-13(12)14/h5-8,14,19H,9-11H2,1-4H3. The van der Waals surface area contributed by atoms with E-state index in [4.69, 9.17) is 4.98 Å². The van der Waals surface area contributed by atoms with E-state index in [1.165, 1.54) is 39.5 Å². The van der Waals surface area contributed by atoms with E-state index in [1.807, 2.05) is 18.4 Å². The van der Waals surface area contributed by atoms with Gasteiger partial charge in [-0.25, -0.2) is 4.98 Å². The van der Waals surface area contributed by atoms with Crippen LogP contribution in [-0.4, -0.2) is 12.0 Å². The highest BCUT2D eigenvalue weighted by Crippen LogP contribution is 2.41. The van der Waals surface area contributed by atoms with Crippen molar-refractivity contribution < 1.29 is 0 Å². The fourth-order valence-electron chi connectivity index (χ4n) is 3.20. The van der Waals surface area contributed by atoms with Gasteiger partial charge in [0.2, 0.25) is 0 Å². The summed E-state index contributed by atoms with van der Waals surface area (Å²) in [4.78, 5) is 6.45. The number of fused-ring (bicyclic) bond motifs is 1. The summed E-state index contributed by atoms with van der Waals surface area (Å²) in [7, 11) is 2.01. The summed E-state index contributed by atoms with van der Waals surface area (Å²) in [6, 6.07) is 8.85. The topological polar surface area (TPSA) is 24.9 Å². The largest absolute Gasteiger partial charge is 0.315 e. The molecule has 2 aromatic rings. The van der Waals surface area contributed by atoms with E-state index in [2.05, 4.69) is 50.4 Å². The van der Waals surface area contributed by atoms with Crippen LogP contribution >= 0.6 is 11.3 Å². The Morgan fingerprint density at radius 1 is 1.29 bits per heavy atom. The third kappa shape index (κ3) is 2.77. The number of aromatic nitrogens is 1. The van der Waals surface area contributed by atoms with Crippen LogP contribution < -0.4 is 5.32 Å². The number of aryl methyl sites for hydroxylation is 1. The minimum Gasteiger partial charge on any atom is -0.315 e. The molecule has 1 N–H and O–H groups in total. The van der Waals surface area contributed by atoms with Gasteiger partial charge in [-0.15, -0.1) is 11.3 Å². The van der Waals surface area contributed by atoms with Gasteiger partial charge in [0.05, 0.1) is 5.69 Å². The Balaban J connectivity index is 2.01. The highest BCUT2D eigenvalue weighted by Gasteiger charge is 2.29. The van der Waals surface area contributed by atoms with E-state index in [-0.39, 0.29) is 5.41 Å². The van der Waals surface area contributed by atoms with Crippen molar-refractivity contribution in [1.29, 1.82) is 0 Å². The van der Waals surface area contributed by atoms with E-state index in [9.17, 15) is 0 Å². The lowest BCUT2D eigenvalue weighted by molar-refractivity contribution is 0.559. The molecule has 2 nitrogen and oxygen atoms in total. The summed E-state index contributed by atoms with van der Waals surface area (Å²) in [5, 5.41) is 4.59. The quantitative estimate of drug-likeness (QED) is 0.917. The molecule has 1 aliphatic carbocycles. The fourth-order valence-corrected chi connectivity index (χ4v) is 4.64. The van der Waals surface area contributed by atoms with Crippen molar-refractivity contribution in [2.45, 2.75) is 51.5 Å². The maximum absolute atomic E-state index is 5.06. The van der Waals surface area contributed by atoms with Crippen LogP contribution in [0, 0.1) is 0 Å². The van der Waals surface area contributed by atoms with Crippen LogP contribution in [0.5, 0.6) is 0 Å². The van der Waals surface area contributed by atoms with E-state index in [1.54, 1.807) is 0 Å². The van der Waals surface area contributed by atoms with Gasteiger partial charge in [0, 0.05) is 22.8 Å². The molecule has 0 amide bonds. The molecule has 0 saturated carbocycles. The second-order valence-electron chi connectivity index (χ2n) is 6.89. The van der Waals surface area contributed by atoms with Gasteiger partial charge in [0.25, 0.3) is 0 Å². The Hall–Kier alpha value is -1.19. The maximum atomic E-state index is 5.06. The van der Waals surface area contributed by atoms with Gasteiger partial charge in [-0.1, -0.05) is 45.0 Å². The Morgan fingerprint density at radius 3 is 2.76 bits per heavy atom. The van der Waals surface area contributed by atoms with Gasteiger partial charge < -0.3 is 5.32 Å². The van der Waals surface area contributed by atoms with Crippen LogP contribution in [0.2, 0.25) is 0 Å². The van der Waals surface area contributed by atoms with Crippen LogP contribution in [0.4, 0.5) is 0 Å². The molecule has 0 saturated heterocycles. The number of thiazole rings is 1. The number of benzene rings is 1. The summed E-state index contributed by atoms with van der Waals surface area (Å²) in [6.45, 7) is 7.69. The van der Waals surface area contributed by atoms with E-state index in [0.717, 1.165) is 6.54 Å². The average Bonchev–Trinajstić information content (AvgIpc) is 3.02. The van der Waals surface area contributed by atoms with Crippen molar-refractivity contribution in [1.82, 2.24) is 10.3 Å². The van der Waals surface area contributed by atoms with Gasteiger partial charge in [-0.3, -0.25) is 0 Å². The first kappa shape index (κ1) is 14.7. The third-order valence-corrected chi connectivity index (χ3v) is 5.36. The smallest absolute Gasteiger partial charge is 0.101 e. The first-order valence-corrected chi connectivity index (χ1v) is 8.55. The molecule has 0 radical (unpaired) electrons. The van der Waals surface area contributed by atoms with Gasteiger partial charge in [0.1, 0.15) is 5.01 Å². The molecule has 0 spiro atoms. The molecular weight excluding hydrogens is 276 g/mol. The van der Waals surface area contributed by atoms with Crippen LogP contribution in [0.1, 0.15) is 59.8 Å².